The summed E-state index contributed by atoms with van der Waals surface area (Å²) in [5, 5.41) is 0.697. The van der Waals surface area contributed by atoms with Crippen LogP contribution in [-0.4, -0.2) is 15.0 Å². The lowest BCUT2D eigenvalue weighted by Gasteiger charge is -2.10. The van der Waals surface area contributed by atoms with Gasteiger partial charge in [0.05, 0.1) is 16.9 Å². The summed E-state index contributed by atoms with van der Waals surface area (Å²) in [6, 6.07) is 6.89. The van der Waals surface area contributed by atoms with Crippen LogP contribution >= 0.6 is 0 Å². The molecule has 0 aliphatic heterocycles. The number of fused-ring (bicyclic) bond motifs is 1. The molecule has 20 heavy (non-hydrogen) atoms. The maximum Gasteiger partial charge on any atom is 0.259 e. The van der Waals surface area contributed by atoms with E-state index in [1.165, 1.54) is 6.33 Å². The summed E-state index contributed by atoms with van der Waals surface area (Å²) in [6.07, 6.45) is 2.89. The van der Waals surface area contributed by atoms with Crippen LogP contribution in [-0.2, 0) is 0 Å². The van der Waals surface area contributed by atoms with Gasteiger partial charge in [-0.3, -0.25) is 4.98 Å². The molecule has 0 aliphatic carbocycles. The van der Waals surface area contributed by atoms with Crippen molar-refractivity contribution >= 4 is 16.6 Å². The van der Waals surface area contributed by atoms with Crippen LogP contribution in [0.5, 0.6) is 11.6 Å². The van der Waals surface area contributed by atoms with Gasteiger partial charge in [-0.25, -0.2) is 4.98 Å². The zero-order valence-corrected chi connectivity index (χ0v) is 10.7. The molecule has 100 valence electrons. The van der Waals surface area contributed by atoms with Crippen molar-refractivity contribution in [2.24, 2.45) is 0 Å². The Morgan fingerprint density at radius 2 is 2.00 bits per heavy atom. The molecule has 2 N–H and O–H groups in total. The molecule has 0 atom stereocenters. The van der Waals surface area contributed by atoms with Gasteiger partial charge in [-0.15, -0.1) is 0 Å². The van der Waals surface area contributed by atoms with Gasteiger partial charge in [0, 0.05) is 11.6 Å². The van der Waals surface area contributed by atoms with Crippen LogP contribution in [0.15, 0.2) is 36.8 Å². The molecule has 2 aromatic heterocycles. The average molecular weight is 270 g/mol. The van der Waals surface area contributed by atoms with Crippen LogP contribution < -0.4 is 10.5 Å². The maximum atomic E-state index is 13.9. The number of aromatic nitrogens is 3. The third-order valence-corrected chi connectivity index (χ3v) is 2.90. The fraction of sp³-hybridized carbons (Fsp3) is 0.0714. The minimum atomic E-state index is -0.582. The maximum absolute atomic E-state index is 13.9. The molecule has 0 saturated carbocycles. The summed E-state index contributed by atoms with van der Waals surface area (Å²) in [6.45, 7) is 1.55. The largest absolute Gasteiger partial charge is 0.436 e. The molecule has 3 aromatic rings. The third kappa shape index (κ3) is 2.01. The van der Waals surface area contributed by atoms with Gasteiger partial charge >= 0.3 is 0 Å². The standard InChI is InChI=1S/C14H11FN4O/c1-8-12(15)14(19-7-18-8)20-11-5-4-10(16)13-9(11)3-2-6-17-13/h2-7H,16H2,1H3. The number of halogens is 1. The van der Waals surface area contributed by atoms with E-state index in [-0.39, 0.29) is 11.6 Å². The molecule has 0 fully saturated rings. The predicted octanol–water partition coefficient (Wildman–Crippen LogP) is 2.85. The van der Waals surface area contributed by atoms with Crippen molar-refractivity contribution < 1.29 is 9.13 Å². The van der Waals surface area contributed by atoms with Crippen LogP contribution in [0.1, 0.15) is 5.69 Å². The first-order valence-corrected chi connectivity index (χ1v) is 5.95. The molecule has 3 rings (SSSR count). The number of ether oxygens (including phenoxy) is 1. The van der Waals surface area contributed by atoms with Crippen molar-refractivity contribution in [2.45, 2.75) is 6.92 Å². The molecule has 0 amide bonds. The highest BCUT2D eigenvalue weighted by Crippen LogP contribution is 2.32. The van der Waals surface area contributed by atoms with Crippen molar-refractivity contribution in [2.75, 3.05) is 5.73 Å². The number of nitrogens with two attached hydrogens (primary N) is 1. The van der Waals surface area contributed by atoms with Crippen LogP contribution in [0, 0.1) is 12.7 Å². The molecule has 5 nitrogen and oxygen atoms in total. The number of hydrogen-bond donors (Lipinski definition) is 1. The normalized spacial score (nSPS) is 10.7. The summed E-state index contributed by atoms with van der Waals surface area (Å²) in [7, 11) is 0. The highest BCUT2D eigenvalue weighted by Gasteiger charge is 2.12. The van der Waals surface area contributed by atoms with Gasteiger partial charge in [0.15, 0.2) is 0 Å². The lowest BCUT2D eigenvalue weighted by Crippen LogP contribution is -1.98. The van der Waals surface area contributed by atoms with Gasteiger partial charge in [-0.1, -0.05) is 0 Å². The van der Waals surface area contributed by atoms with E-state index in [1.54, 1.807) is 37.4 Å². The Morgan fingerprint density at radius 3 is 2.85 bits per heavy atom. The van der Waals surface area contributed by atoms with E-state index in [0.717, 1.165) is 0 Å². The molecule has 0 saturated heterocycles. The number of nitrogens with zero attached hydrogens (tertiary/aromatic N) is 3. The fourth-order valence-corrected chi connectivity index (χ4v) is 1.87. The van der Waals surface area contributed by atoms with E-state index in [9.17, 15) is 4.39 Å². The van der Waals surface area contributed by atoms with E-state index < -0.39 is 5.82 Å². The molecular weight excluding hydrogens is 259 g/mol. The van der Waals surface area contributed by atoms with Crippen molar-refractivity contribution in [1.29, 1.82) is 0 Å². The molecular formula is C14H11FN4O. The second kappa shape index (κ2) is 4.73. The number of nitrogen functional groups attached to an aromatic ring is 1. The third-order valence-electron chi connectivity index (χ3n) is 2.90. The van der Waals surface area contributed by atoms with Gasteiger partial charge in [-0.05, 0) is 31.2 Å². The van der Waals surface area contributed by atoms with Crippen molar-refractivity contribution in [3.8, 4) is 11.6 Å². The molecule has 0 radical (unpaired) electrons. The number of hydrogen-bond acceptors (Lipinski definition) is 5. The first-order valence-electron chi connectivity index (χ1n) is 5.95. The number of anilines is 1. The Kier molecular flexibility index (Phi) is 2.90. The minimum Gasteiger partial charge on any atom is -0.436 e. The molecule has 0 bridgehead atoms. The quantitative estimate of drug-likeness (QED) is 0.725. The van der Waals surface area contributed by atoms with Gasteiger partial charge in [0.2, 0.25) is 5.82 Å². The van der Waals surface area contributed by atoms with Crippen molar-refractivity contribution in [1.82, 2.24) is 15.0 Å². The summed E-state index contributed by atoms with van der Waals surface area (Å²) < 4.78 is 19.4. The van der Waals surface area contributed by atoms with Crippen LogP contribution in [0.2, 0.25) is 0 Å². The predicted molar refractivity (Wildman–Crippen MR) is 73.0 cm³/mol. The van der Waals surface area contributed by atoms with E-state index >= 15 is 0 Å². The molecule has 1 aromatic carbocycles. The van der Waals surface area contributed by atoms with Gasteiger partial charge in [0.1, 0.15) is 12.1 Å². The molecule has 0 unspecified atom stereocenters. The lowest BCUT2D eigenvalue weighted by atomic mass is 10.2. The Bertz CT molecular complexity index is 791. The zero-order valence-electron chi connectivity index (χ0n) is 10.7. The number of aryl methyl sites for hydroxylation is 1. The van der Waals surface area contributed by atoms with E-state index in [0.29, 0.717) is 22.3 Å². The second-order valence-corrected chi connectivity index (χ2v) is 4.23. The van der Waals surface area contributed by atoms with E-state index in [2.05, 4.69) is 15.0 Å². The van der Waals surface area contributed by atoms with Crippen LogP contribution in [0.3, 0.4) is 0 Å². The van der Waals surface area contributed by atoms with Crippen LogP contribution in [0.4, 0.5) is 10.1 Å². The number of pyridine rings is 1. The Hall–Kier alpha value is -2.76. The molecule has 0 spiro atoms. The molecule has 2 heterocycles. The zero-order chi connectivity index (χ0) is 14.1. The Morgan fingerprint density at radius 1 is 1.15 bits per heavy atom. The highest BCUT2D eigenvalue weighted by molar-refractivity contribution is 5.93. The average Bonchev–Trinajstić information content (AvgIpc) is 2.47. The molecule has 0 aliphatic rings. The highest BCUT2D eigenvalue weighted by atomic mass is 19.1. The monoisotopic (exact) mass is 270 g/mol. The molecule has 6 heteroatoms. The van der Waals surface area contributed by atoms with Gasteiger partial charge in [-0.2, -0.15) is 9.37 Å². The van der Waals surface area contributed by atoms with Crippen molar-refractivity contribution in [3.05, 3.63) is 48.3 Å². The van der Waals surface area contributed by atoms with Crippen molar-refractivity contribution in [3.63, 3.8) is 0 Å². The fourth-order valence-electron chi connectivity index (χ4n) is 1.87. The number of benzene rings is 1. The Balaban J connectivity index is 2.12. The second-order valence-electron chi connectivity index (χ2n) is 4.23. The van der Waals surface area contributed by atoms with Gasteiger partial charge < -0.3 is 10.5 Å². The minimum absolute atomic E-state index is 0.118. The topological polar surface area (TPSA) is 73.9 Å². The van der Waals surface area contributed by atoms with Crippen LogP contribution in [0.25, 0.3) is 10.9 Å². The first kappa shape index (κ1) is 12.3. The van der Waals surface area contributed by atoms with E-state index in [1.807, 2.05) is 0 Å². The first-order chi connectivity index (χ1) is 9.66. The summed E-state index contributed by atoms with van der Waals surface area (Å²) >= 11 is 0. The smallest absolute Gasteiger partial charge is 0.259 e. The Labute approximate surface area is 114 Å². The van der Waals surface area contributed by atoms with Gasteiger partial charge in [0.25, 0.3) is 5.88 Å². The summed E-state index contributed by atoms with van der Waals surface area (Å²) in [5.41, 5.74) is 7.23. The van der Waals surface area contributed by atoms with E-state index in [4.69, 9.17) is 10.5 Å². The summed E-state index contributed by atoms with van der Waals surface area (Å²) in [4.78, 5) is 11.8. The number of rotatable bonds is 2. The SMILES string of the molecule is Cc1ncnc(Oc2ccc(N)c3ncccc23)c1F. The summed E-state index contributed by atoms with van der Waals surface area (Å²) in [5.74, 6) is -0.256. The lowest BCUT2D eigenvalue weighted by molar-refractivity contribution is 0.420.